The number of rotatable bonds is 6. The van der Waals surface area contributed by atoms with E-state index in [1.54, 1.807) is 6.26 Å². The van der Waals surface area contributed by atoms with E-state index in [0.717, 1.165) is 24.5 Å². The van der Waals surface area contributed by atoms with E-state index in [4.69, 9.17) is 4.42 Å². The Labute approximate surface area is 135 Å². The summed E-state index contributed by atoms with van der Waals surface area (Å²) in [5.74, 6) is 1.36. The minimum Gasteiger partial charge on any atom is -0.468 e. The van der Waals surface area contributed by atoms with Gasteiger partial charge < -0.3 is 9.73 Å². The number of nitrogens with zero attached hydrogens (tertiary/aromatic N) is 2. The number of nitrogens with one attached hydrogen (secondary N) is 2. The molecule has 122 valence electrons. The van der Waals surface area contributed by atoms with Crippen molar-refractivity contribution in [2.75, 3.05) is 19.6 Å². The van der Waals surface area contributed by atoms with Crippen LogP contribution in [-0.4, -0.2) is 40.6 Å². The number of hydrogen-bond donors (Lipinski definition) is 2. The van der Waals surface area contributed by atoms with E-state index in [0.29, 0.717) is 18.2 Å². The molecule has 1 aliphatic carbocycles. The van der Waals surface area contributed by atoms with Crippen LogP contribution in [0.2, 0.25) is 0 Å². The van der Waals surface area contributed by atoms with Crippen LogP contribution in [0.4, 0.5) is 0 Å². The molecule has 23 heavy (non-hydrogen) atoms. The largest absolute Gasteiger partial charge is 0.468 e. The molecule has 1 saturated carbocycles. The highest BCUT2D eigenvalue weighted by Gasteiger charge is 2.28. The van der Waals surface area contributed by atoms with E-state index in [2.05, 4.69) is 20.4 Å². The predicted molar refractivity (Wildman–Crippen MR) is 85.2 cm³/mol. The van der Waals surface area contributed by atoms with Gasteiger partial charge in [0.15, 0.2) is 0 Å². The maximum atomic E-state index is 12.3. The lowest BCUT2D eigenvalue weighted by Gasteiger charge is -2.25. The summed E-state index contributed by atoms with van der Waals surface area (Å²) in [6.07, 6.45) is 6.48. The van der Waals surface area contributed by atoms with Crippen LogP contribution < -0.4 is 5.32 Å². The first kappa shape index (κ1) is 14.5. The highest BCUT2D eigenvalue weighted by molar-refractivity contribution is 5.92. The zero-order chi connectivity index (χ0) is 15.6. The highest BCUT2D eigenvalue weighted by Crippen LogP contribution is 2.39. The van der Waals surface area contributed by atoms with Gasteiger partial charge in [-0.25, -0.2) is 0 Å². The van der Waals surface area contributed by atoms with Crippen LogP contribution in [0, 0.1) is 0 Å². The Bertz CT molecular complexity index is 654. The Kier molecular flexibility index (Phi) is 3.91. The van der Waals surface area contributed by atoms with Gasteiger partial charge in [0.05, 0.1) is 12.3 Å². The van der Waals surface area contributed by atoms with Gasteiger partial charge in [0.2, 0.25) is 0 Å². The SMILES string of the molecule is O=C(NC[C@H](c1ccco1)N1CCCC1)c1cc(C2CC2)[nH]n1. The van der Waals surface area contributed by atoms with Crippen LogP contribution in [0.1, 0.15) is 59.6 Å². The van der Waals surface area contributed by atoms with Crippen molar-refractivity contribution in [1.82, 2.24) is 20.4 Å². The van der Waals surface area contributed by atoms with Crippen molar-refractivity contribution in [3.63, 3.8) is 0 Å². The molecule has 2 aliphatic rings. The number of likely N-dealkylation sites (tertiary alicyclic amines) is 1. The molecule has 0 unspecified atom stereocenters. The molecular weight excluding hydrogens is 292 g/mol. The van der Waals surface area contributed by atoms with Gasteiger partial charge in [-0.05, 0) is 57.0 Å². The van der Waals surface area contributed by atoms with Crippen molar-refractivity contribution in [3.8, 4) is 0 Å². The maximum absolute atomic E-state index is 12.3. The second-order valence-corrected chi connectivity index (χ2v) is 6.47. The molecule has 1 saturated heterocycles. The third kappa shape index (κ3) is 3.17. The number of aromatic nitrogens is 2. The second-order valence-electron chi connectivity index (χ2n) is 6.47. The van der Waals surface area contributed by atoms with Crippen LogP contribution in [0.15, 0.2) is 28.9 Å². The molecule has 1 aliphatic heterocycles. The summed E-state index contributed by atoms with van der Waals surface area (Å²) < 4.78 is 5.58. The molecule has 6 heteroatoms. The number of aromatic amines is 1. The van der Waals surface area contributed by atoms with Crippen LogP contribution >= 0.6 is 0 Å². The minimum atomic E-state index is -0.121. The van der Waals surface area contributed by atoms with Crippen LogP contribution in [0.25, 0.3) is 0 Å². The van der Waals surface area contributed by atoms with Crippen molar-refractivity contribution in [1.29, 1.82) is 0 Å². The van der Waals surface area contributed by atoms with Crippen molar-refractivity contribution in [2.45, 2.75) is 37.6 Å². The molecular formula is C17H22N4O2. The van der Waals surface area contributed by atoms with Crippen LogP contribution in [-0.2, 0) is 0 Å². The molecule has 2 aromatic rings. The monoisotopic (exact) mass is 314 g/mol. The molecule has 2 fully saturated rings. The van der Waals surface area contributed by atoms with Crippen molar-refractivity contribution in [3.05, 3.63) is 41.6 Å². The Balaban J connectivity index is 1.41. The molecule has 4 rings (SSSR count). The first-order valence-electron chi connectivity index (χ1n) is 8.42. The Morgan fingerprint density at radius 2 is 2.26 bits per heavy atom. The van der Waals surface area contributed by atoms with Crippen LogP contribution in [0.3, 0.4) is 0 Å². The zero-order valence-corrected chi connectivity index (χ0v) is 13.1. The molecule has 3 heterocycles. The van der Waals surface area contributed by atoms with E-state index in [1.807, 2.05) is 18.2 Å². The fraction of sp³-hybridized carbons (Fsp3) is 0.529. The molecule has 6 nitrogen and oxygen atoms in total. The molecule has 2 N–H and O–H groups in total. The smallest absolute Gasteiger partial charge is 0.271 e. The van der Waals surface area contributed by atoms with Crippen molar-refractivity contribution < 1.29 is 9.21 Å². The van der Waals surface area contributed by atoms with Crippen molar-refractivity contribution >= 4 is 5.91 Å². The average Bonchev–Trinajstić information content (AvgIpc) is 3.06. The molecule has 0 spiro atoms. The molecule has 1 amide bonds. The first-order valence-corrected chi connectivity index (χ1v) is 8.42. The predicted octanol–water partition coefficient (Wildman–Crippen LogP) is 2.45. The number of carbonyl (C=O) groups excluding carboxylic acids is 1. The van der Waals surface area contributed by atoms with E-state index < -0.39 is 0 Å². The number of carbonyl (C=O) groups is 1. The van der Waals surface area contributed by atoms with Crippen LogP contribution in [0.5, 0.6) is 0 Å². The summed E-state index contributed by atoms with van der Waals surface area (Å²) in [6.45, 7) is 2.64. The van der Waals surface area contributed by atoms with E-state index in [-0.39, 0.29) is 11.9 Å². The van der Waals surface area contributed by atoms with Crippen molar-refractivity contribution in [2.24, 2.45) is 0 Å². The number of furan rings is 1. The normalized spacial score (nSPS) is 19.8. The highest BCUT2D eigenvalue weighted by atomic mass is 16.3. The summed E-state index contributed by atoms with van der Waals surface area (Å²) >= 11 is 0. The Morgan fingerprint density at radius 3 is 2.96 bits per heavy atom. The van der Waals surface area contributed by atoms with Gasteiger partial charge in [0.25, 0.3) is 5.91 Å². The van der Waals surface area contributed by atoms with Gasteiger partial charge >= 0.3 is 0 Å². The maximum Gasteiger partial charge on any atom is 0.271 e. The van der Waals surface area contributed by atoms with E-state index >= 15 is 0 Å². The summed E-state index contributed by atoms with van der Waals surface area (Å²) in [5, 5.41) is 10.1. The Hall–Kier alpha value is -2.08. The number of amides is 1. The third-order valence-corrected chi connectivity index (χ3v) is 4.76. The van der Waals surface area contributed by atoms with Gasteiger partial charge in [-0.2, -0.15) is 5.10 Å². The summed E-state index contributed by atoms with van der Waals surface area (Å²) in [6, 6.07) is 5.86. The lowest BCUT2D eigenvalue weighted by Crippen LogP contribution is -2.36. The fourth-order valence-electron chi connectivity index (χ4n) is 3.28. The molecule has 1 atom stereocenters. The average molecular weight is 314 g/mol. The lowest BCUT2D eigenvalue weighted by atomic mass is 10.2. The van der Waals surface area contributed by atoms with E-state index in [9.17, 15) is 4.79 Å². The lowest BCUT2D eigenvalue weighted by molar-refractivity contribution is 0.0928. The fourth-order valence-corrected chi connectivity index (χ4v) is 3.28. The molecule has 0 aromatic carbocycles. The molecule has 0 bridgehead atoms. The first-order chi connectivity index (χ1) is 11.3. The van der Waals surface area contributed by atoms with Gasteiger partial charge in [0, 0.05) is 18.2 Å². The summed E-state index contributed by atoms with van der Waals surface area (Å²) in [4.78, 5) is 14.7. The minimum absolute atomic E-state index is 0.0956. The quantitative estimate of drug-likeness (QED) is 0.859. The standard InChI is InChI=1S/C17H22N4O2/c22-17(14-10-13(19-20-14)12-5-6-12)18-11-15(16-4-3-9-23-16)21-7-1-2-8-21/h3-4,9-10,12,15H,1-2,5-8,11H2,(H,18,22)(H,19,20)/t15-/m1/s1. The molecule has 0 radical (unpaired) electrons. The van der Waals surface area contributed by atoms with Gasteiger partial charge in [-0.3, -0.25) is 14.8 Å². The number of H-pyrrole nitrogens is 1. The summed E-state index contributed by atoms with van der Waals surface area (Å²) in [7, 11) is 0. The van der Waals surface area contributed by atoms with Gasteiger partial charge in [-0.15, -0.1) is 0 Å². The molecule has 2 aromatic heterocycles. The second kappa shape index (κ2) is 6.20. The topological polar surface area (TPSA) is 74.2 Å². The van der Waals surface area contributed by atoms with Gasteiger partial charge in [0.1, 0.15) is 11.5 Å². The zero-order valence-electron chi connectivity index (χ0n) is 13.1. The third-order valence-electron chi connectivity index (χ3n) is 4.76. The van der Waals surface area contributed by atoms with Gasteiger partial charge in [-0.1, -0.05) is 0 Å². The Morgan fingerprint density at radius 1 is 1.43 bits per heavy atom. The van der Waals surface area contributed by atoms with E-state index in [1.165, 1.54) is 25.7 Å². The number of hydrogen-bond acceptors (Lipinski definition) is 4. The summed E-state index contributed by atoms with van der Waals surface area (Å²) in [5.41, 5.74) is 1.56.